The molecule has 0 spiro atoms. The minimum absolute atomic E-state index is 0.0328. The lowest BCUT2D eigenvalue weighted by Gasteiger charge is -2.16. The topological polar surface area (TPSA) is 132 Å². The quantitative estimate of drug-likeness (QED) is 0.399. The molecule has 0 unspecified atom stereocenters. The molecular formula is C21H14F3N3O6S. The van der Waals surface area contributed by atoms with Gasteiger partial charge in [-0.05, 0) is 49.4 Å². The monoisotopic (exact) mass is 493 g/mol. The number of fused-ring (bicyclic) bond motifs is 1. The molecule has 13 heteroatoms. The number of halogens is 3. The number of hydrogen-bond donors (Lipinski definition) is 2. The number of aromatic nitrogens is 1. The maximum absolute atomic E-state index is 13.7. The van der Waals surface area contributed by atoms with Gasteiger partial charge in [0.2, 0.25) is 0 Å². The van der Waals surface area contributed by atoms with Crippen LogP contribution in [0, 0.1) is 6.92 Å². The molecule has 2 heterocycles. The van der Waals surface area contributed by atoms with Gasteiger partial charge in [0.1, 0.15) is 16.9 Å². The van der Waals surface area contributed by atoms with Gasteiger partial charge in [-0.3, -0.25) is 9.52 Å². The van der Waals surface area contributed by atoms with Crippen LogP contribution in [0.4, 0.5) is 24.5 Å². The van der Waals surface area contributed by atoms with E-state index in [1.165, 1.54) is 19.1 Å². The second-order valence-electron chi connectivity index (χ2n) is 7.07. The Hall–Kier alpha value is -4.13. The van der Waals surface area contributed by atoms with Gasteiger partial charge in [0.05, 0.1) is 22.3 Å². The average Bonchev–Trinajstić information content (AvgIpc) is 3.19. The minimum Gasteiger partial charge on any atom is -0.423 e. The molecule has 0 aliphatic heterocycles. The first-order valence-electron chi connectivity index (χ1n) is 9.45. The first kappa shape index (κ1) is 23.0. The smallest absolute Gasteiger partial charge is 0.418 e. The molecule has 1 amide bonds. The van der Waals surface area contributed by atoms with E-state index in [9.17, 15) is 31.2 Å². The van der Waals surface area contributed by atoms with Crippen molar-refractivity contribution in [3.63, 3.8) is 0 Å². The molecule has 0 saturated heterocycles. The molecule has 4 aromatic rings. The van der Waals surface area contributed by atoms with E-state index in [1.807, 2.05) is 4.72 Å². The highest BCUT2D eigenvalue weighted by Gasteiger charge is 2.35. The number of benzene rings is 2. The summed E-state index contributed by atoms with van der Waals surface area (Å²) in [5.74, 6) is -0.574. The van der Waals surface area contributed by atoms with Gasteiger partial charge in [0.25, 0.3) is 15.9 Å². The Balaban J connectivity index is 1.67. The molecule has 0 atom stereocenters. The summed E-state index contributed by atoms with van der Waals surface area (Å²) in [5, 5.41) is 5.99. The lowest BCUT2D eigenvalue weighted by atomic mass is 10.1. The largest absolute Gasteiger partial charge is 0.423 e. The Morgan fingerprint density at radius 2 is 1.82 bits per heavy atom. The van der Waals surface area contributed by atoms with E-state index in [4.69, 9.17) is 8.94 Å². The normalized spacial score (nSPS) is 12.0. The molecule has 176 valence electrons. The second kappa shape index (κ2) is 8.33. The lowest BCUT2D eigenvalue weighted by molar-refractivity contribution is -0.136. The van der Waals surface area contributed by atoms with Crippen LogP contribution < -0.4 is 15.7 Å². The number of nitrogens with zero attached hydrogens (tertiary/aromatic N) is 1. The van der Waals surface area contributed by atoms with Gasteiger partial charge in [0.15, 0.2) is 0 Å². The summed E-state index contributed by atoms with van der Waals surface area (Å²) in [7, 11) is -4.45. The van der Waals surface area contributed by atoms with Crippen molar-refractivity contribution in [3.05, 3.63) is 82.0 Å². The number of hydrogen-bond acceptors (Lipinski definition) is 7. The van der Waals surface area contributed by atoms with Crippen molar-refractivity contribution in [2.75, 3.05) is 10.0 Å². The van der Waals surface area contributed by atoms with Crippen LogP contribution in [0.3, 0.4) is 0 Å². The zero-order valence-electron chi connectivity index (χ0n) is 17.1. The van der Waals surface area contributed by atoms with E-state index in [0.717, 1.165) is 36.5 Å². The Kier molecular flexibility index (Phi) is 5.65. The Morgan fingerprint density at radius 1 is 1.06 bits per heavy atom. The van der Waals surface area contributed by atoms with Crippen molar-refractivity contribution in [1.82, 2.24) is 5.16 Å². The minimum atomic E-state index is -4.95. The standard InChI is InChI=1S/C21H14F3N3O6S/c1-11-15(10-25-33-11)20(29)26-13-3-5-17(16(9-13)21(22,23)24)27-34(30,31)14-4-6-18-12(8-14)2-7-19(28)32-18/h2-10,27H,1H3,(H,26,29). The molecule has 0 saturated carbocycles. The number of nitrogens with one attached hydrogen (secondary N) is 2. The van der Waals surface area contributed by atoms with E-state index < -0.39 is 39.0 Å². The van der Waals surface area contributed by atoms with Gasteiger partial charge >= 0.3 is 11.8 Å². The number of amides is 1. The molecule has 0 aliphatic rings. The van der Waals surface area contributed by atoms with Crippen molar-refractivity contribution in [2.45, 2.75) is 18.0 Å². The number of alkyl halides is 3. The third kappa shape index (κ3) is 4.64. The van der Waals surface area contributed by atoms with Crippen LogP contribution in [-0.2, 0) is 16.2 Å². The fourth-order valence-corrected chi connectivity index (χ4v) is 4.20. The van der Waals surface area contributed by atoms with Crippen LogP contribution in [0.1, 0.15) is 21.7 Å². The van der Waals surface area contributed by atoms with Crippen LogP contribution in [0.5, 0.6) is 0 Å². The van der Waals surface area contributed by atoms with E-state index in [-0.39, 0.29) is 32.9 Å². The Morgan fingerprint density at radius 3 is 2.50 bits per heavy atom. The van der Waals surface area contributed by atoms with E-state index in [1.54, 1.807) is 0 Å². The Bertz CT molecular complexity index is 1570. The summed E-state index contributed by atoms with van der Waals surface area (Å²) in [5.41, 5.74) is -2.77. The Labute approximate surface area is 189 Å². The number of rotatable bonds is 5. The molecule has 0 fully saturated rings. The molecule has 2 N–H and O–H groups in total. The van der Waals surface area contributed by atoms with E-state index in [0.29, 0.717) is 6.07 Å². The molecule has 2 aromatic carbocycles. The predicted octanol–water partition coefficient (Wildman–Crippen LogP) is 4.16. The lowest BCUT2D eigenvalue weighted by Crippen LogP contribution is -2.18. The zero-order chi connectivity index (χ0) is 24.7. The zero-order valence-corrected chi connectivity index (χ0v) is 18.0. The van der Waals surface area contributed by atoms with E-state index in [2.05, 4.69) is 10.5 Å². The van der Waals surface area contributed by atoms with Gasteiger partial charge in [-0.25, -0.2) is 13.2 Å². The first-order chi connectivity index (χ1) is 15.9. The average molecular weight is 493 g/mol. The first-order valence-corrected chi connectivity index (χ1v) is 10.9. The van der Waals surface area contributed by atoms with E-state index >= 15 is 0 Å². The maximum Gasteiger partial charge on any atom is 0.418 e. The van der Waals surface area contributed by atoms with Crippen LogP contribution in [-0.4, -0.2) is 19.5 Å². The summed E-state index contributed by atoms with van der Waals surface area (Å²) in [6.45, 7) is 1.46. The molecule has 0 aliphatic carbocycles. The third-order valence-corrected chi connectivity index (χ3v) is 6.09. The van der Waals surface area contributed by atoms with Gasteiger partial charge in [0, 0.05) is 17.1 Å². The highest BCUT2D eigenvalue weighted by molar-refractivity contribution is 7.92. The summed E-state index contributed by atoms with van der Waals surface area (Å²) in [4.78, 5) is 23.2. The fraction of sp³-hybridized carbons (Fsp3) is 0.0952. The van der Waals surface area contributed by atoms with Gasteiger partial charge in [-0.2, -0.15) is 13.2 Å². The SMILES string of the molecule is Cc1oncc1C(=O)Nc1ccc(NS(=O)(=O)c2ccc3oc(=O)ccc3c2)c(C(F)(F)F)c1. The number of sulfonamides is 1. The van der Waals surface area contributed by atoms with Gasteiger partial charge in [-0.1, -0.05) is 5.16 Å². The third-order valence-electron chi connectivity index (χ3n) is 4.72. The number of carbonyl (C=O) groups is 1. The molecule has 2 aromatic heterocycles. The molecular weight excluding hydrogens is 479 g/mol. The molecule has 0 bridgehead atoms. The van der Waals surface area contributed by atoms with Crippen molar-refractivity contribution >= 4 is 38.3 Å². The van der Waals surface area contributed by atoms with Crippen molar-refractivity contribution in [3.8, 4) is 0 Å². The van der Waals surface area contributed by atoms with Crippen LogP contribution in [0.15, 0.2) is 73.4 Å². The van der Waals surface area contributed by atoms with Crippen molar-refractivity contribution in [2.24, 2.45) is 0 Å². The van der Waals surface area contributed by atoms with Crippen LogP contribution in [0.2, 0.25) is 0 Å². The summed E-state index contributed by atoms with van der Waals surface area (Å²) in [6, 6.07) is 8.49. The predicted molar refractivity (Wildman–Crippen MR) is 114 cm³/mol. The van der Waals surface area contributed by atoms with Crippen molar-refractivity contribution in [1.29, 1.82) is 0 Å². The van der Waals surface area contributed by atoms with Crippen LogP contribution >= 0.6 is 0 Å². The summed E-state index contributed by atoms with van der Waals surface area (Å²) < 4.78 is 78.3. The molecule has 4 rings (SSSR count). The highest BCUT2D eigenvalue weighted by atomic mass is 32.2. The number of carbonyl (C=O) groups excluding carboxylic acids is 1. The highest BCUT2D eigenvalue weighted by Crippen LogP contribution is 2.37. The van der Waals surface area contributed by atoms with Crippen molar-refractivity contribution < 1.29 is 35.3 Å². The van der Waals surface area contributed by atoms with Crippen LogP contribution in [0.25, 0.3) is 11.0 Å². The fourth-order valence-electron chi connectivity index (χ4n) is 3.08. The maximum atomic E-state index is 13.7. The molecule has 9 nitrogen and oxygen atoms in total. The molecule has 34 heavy (non-hydrogen) atoms. The summed E-state index contributed by atoms with van der Waals surface area (Å²) >= 11 is 0. The number of aryl methyl sites for hydroxylation is 1. The number of anilines is 2. The second-order valence-corrected chi connectivity index (χ2v) is 8.75. The molecule has 0 radical (unpaired) electrons. The summed E-state index contributed by atoms with van der Waals surface area (Å²) in [6.07, 6.45) is -3.83. The van der Waals surface area contributed by atoms with Gasteiger partial charge < -0.3 is 14.3 Å². The van der Waals surface area contributed by atoms with Gasteiger partial charge in [-0.15, -0.1) is 0 Å².